The third-order valence-corrected chi connectivity index (χ3v) is 11.1. The predicted molar refractivity (Wildman–Crippen MR) is 142 cm³/mol. The molecule has 1 aliphatic heterocycles. The average molecular weight is 710 g/mol. The molecule has 3 rings (SSSR count). The van der Waals surface area contributed by atoms with E-state index in [-0.39, 0.29) is 12.0 Å². The largest absolute Gasteiger partial charge is 0.490 e. The number of carbonyl (C=O) groups excluding carboxylic acids is 1. The third kappa shape index (κ3) is 10.5. The van der Waals surface area contributed by atoms with Crippen molar-refractivity contribution in [2.75, 3.05) is 13.2 Å². The molecule has 25 heteroatoms. The minimum atomic E-state index is -6.08. The summed E-state index contributed by atoms with van der Waals surface area (Å²) in [4.78, 5) is 76.9. The van der Waals surface area contributed by atoms with Crippen molar-refractivity contribution in [3.63, 3.8) is 0 Å². The Kier molecular flexibility index (Phi) is 12.0. The number of aliphatic hydroxyl groups excluding tert-OH is 1. The second-order valence-corrected chi connectivity index (χ2v) is 14.8. The van der Waals surface area contributed by atoms with E-state index in [1.807, 2.05) is 4.98 Å². The van der Waals surface area contributed by atoms with Gasteiger partial charge in [0.15, 0.2) is 12.3 Å². The van der Waals surface area contributed by atoms with Crippen LogP contribution in [0.1, 0.15) is 29.9 Å². The van der Waals surface area contributed by atoms with Gasteiger partial charge in [0, 0.05) is 12.3 Å². The van der Waals surface area contributed by atoms with Crippen LogP contribution in [0.2, 0.25) is 0 Å². The van der Waals surface area contributed by atoms with Crippen LogP contribution in [-0.4, -0.2) is 71.7 Å². The fraction of sp³-hybridized carbons (Fsp3) is 0.421. The Bertz CT molecular complexity index is 1630. The van der Waals surface area contributed by atoms with E-state index in [0.717, 1.165) is 16.8 Å². The number of aliphatic hydroxyl groups is 1. The number of hydrogen-bond acceptors (Lipinski definition) is 15. The number of nitrogens with one attached hydrogen (secondary N) is 1. The molecule has 44 heavy (non-hydrogen) atoms. The summed E-state index contributed by atoms with van der Waals surface area (Å²) in [5, 5.41) is 10.8. The molecule has 2 heterocycles. The van der Waals surface area contributed by atoms with Gasteiger partial charge in [-0.25, -0.2) is 27.8 Å². The van der Waals surface area contributed by atoms with E-state index in [1.54, 1.807) is 6.07 Å². The number of phosphoric acid groups is 4. The number of aromatic amines is 1. The number of ether oxygens (including phenoxy) is 2. The summed E-state index contributed by atoms with van der Waals surface area (Å²) in [7, 11) is -23.1. The van der Waals surface area contributed by atoms with Crippen LogP contribution in [0, 0.1) is 0 Å². The minimum Gasteiger partial charge on any atom is -0.451 e. The van der Waals surface area contributed by atoms with Crippen LogP contribution < -0.4 is 11.2 Å². The molecule has 0 radical (unpaired) electrons. The minimum absolute atomic E-state index is 0.0264. The van der Waals surface area contributed by atoms with E-state index < -0.39 is 86.3 Å². The van der Waals surface area contributed by atoms with Gasteiger partial charge >= 0.3 is 42.9 Å². The fourth-order valence-corrected chi connectivity index (χ4v) is 8.47. The van der Waals surface area contributed by atoms with Crippen molar-refractivity contribution in [3.8, 4) is 0 Å². The molecule has 246 valence electrons. The lowest BCUT2D eigenvalue weighted by molar-refractivity contribution is -0.0597. The number of aromatic nitrogens is 2. The lowest BCUT2D eigenvalue weighted by Crippen LogP contribution is -2.40. The normalized spacial score (nSPS) is 25.7. The molecule has 1 aliphatic rings. The highest BCUT2D eigenvalue weighted by atomic mass is 31.3. The monoisotopic (exact) mass is 710 g/mol. The second kappa shape index (κ2) is 14.5. The molecule has 5 unspecified atom stereocenters. The predicted octanol–water partition coefficient (Wildman–Crippen LogP) is 0.915. The number of H-pyrrole nitrogens is 1. The van der Waals surface area contributed by atoms with Crippen molar-refractivity contribution in [2.24, 2.45) is 0 Å². The van der Waals surface area contributed by atoms with Gasteiger partial charge in [0.25, 0.3) is 5.56 Å². The van der Waals surface area contributed by atoms with E-state index >= 15 is 0 Å². The number of nitrogens with zero attached hydrogens (tertiary/aromatic N) is 1. The first-order chi connectivity index (χ1) is 20.3. The summed E-state index contributed by atoms with van der Waals surface area (Å²) in [6, 6.07) is 8.26. The molecule has 8 atom stereocenters. The Morgan fingerprint density at radius 3 is 2.05 bits per heavy atom. The molecule has 0 amide bonds. The van der Waals surface area contributed by atoms with Gasteiger partial charge in [0.1, 0.15) is 12.2 Å². The molecule has 1 saturated heterocycles. The quantitative estimate of drug-likeness (QED) is 0.110. The van der Waals surface area contributed by atoms with Crippen LogP contribution in [0.4, 0.5) is 0 Å². The molecule has 1 aromatic carbocycles. The van der Waals surface area contributed by atoms with Gasteiger partial charge in [-0.1, -0.05) is 25.1 Å². The zero-order chi connectivity index (χ0) is 32.9. The maximum absolute atomic E-state index is 12.7. The number of esters is 1. The van der Waals surface area contributed by atoms with Crippen molar-refractivity contribution in [3.05, 3.63) is 69.0 Å². The number of carbonyl (C=O) groups is 1. The molecule has 2 aromatic rings. The number of rotatable bonds is 15. The summed E-state index contributed by atoms with van der Waals surface area (Å²) >= 11 is 0. The zero-order valence-corrected chi connectivity index (χ0v) is 25.7. The highest BCUT2D eigenvalue weighted by Crippen LogP contribution is 2.71. The zero-order valence-electron chi connectivity index (χ0n) is 22.2. The lowest BCUT2D eigenvalue weighted by atomic mass is 10.1. The average Bonchev–Trinajstić information content (AvgIpc) is 3.19. The smallest absolute Gasteiger partial charge is 0.451 e. The van der Waals surface area contributed by atoms with Crippen LogP contribution in [0.3, 0.4) is 0 Å². The fourth-order valence-electron chi connectivity index (χ4n) is 3.44. The first kappa shape index (κ1) is 36.3. The van der Waals surface area contributed by atoms with Gasteiger partial charge in [0.05, 0.1) is 18.8 Å². The standard InChI is InChI=1S/C19H26N2O19P4/c1-2-10-34-41(26,27)38-43(30,31)40-44(32,33)39-42(28,29)35-11-13-15(23)16(37-18(24)12-6-4-3-5-7-12)17(36-13)21-9-8-14(22)20-19(21)25/h3-9,13,15-17,23H,2,10-11H2,1H3,(H,26,27)(H,28,29)(H,30,31)(H,32,33)(H,20,22,25)/t13-,15+,16?,17-/m1/s1. The Morgan fingerprint density at radius 1 is 0.909 bits per heavy atom. The number of benzene rings is 1. The van der Waals surface area contributed by atoms with Crippen molar-refractivity contribution in [2.45, 2.75) is 37.9 Å². The number of hydrogen-bond donors (Lipinski definition) is 6. The van der Waals surface area contributed by atoms with Crippen molar-refractivity contribution in [1.29, 1.82) is 0 Å². The molecule has 1 aromatic heterocycles. The number of phosphoric ester groups is 2. The van der Waals surface area contributed by atoms with Crippen molar-refractivity contribution >= 4 is 37.3 Å². The summed E-state index contributed by atoms with van der Waals surface area (Å²) < 4.78 is 79.6. The van der Waals surface area contributed by atoms with Gasteiger partial charge in [-0.2, -0.15) is 12.9 Å². The summed E-state index contributed by atoms with van der Waals surface area (Å²) in [6.45, 7) is -0.104. The van der Waals surface area contributed by atoms with E-state index in [0.29, 0.717) is 0 Å². The van der Waals surface area contributed by atoms with Crippen LogP contribution in [0.5, 0.6) is 0 Å². The molecule has 1 fully saturated rings. The Morgan fingerprint density at radius 2 is 1.48 bits per heavy atom. The maximum atomic E-state index is 12.7. The molecule has 6 N–H and O–H groups in total. The maximum Gasteiger partial charge on any atom is 0.490 e. The van der Waals surface area contributed by atoms with E-state index in [1.165, 1.54) is 31.2 Å². The summed E-state index contributed by atoms with van der Waals surface area (Å²) in [6.07, 6.45) is -5.88. The Balaban J connectivity index is 1.73. The second-order valence-electron chi connectivity index (χ2n) is 8.56. The molecule has 0 spiro atoms. The first-order valence-corrected chi connectivity index (χ1v) is 18.0. The molecular weight excluding hydrogens is 684 g/mol. The molecule has 21 nitrogen and oxygen atoms in total. The van der Waals surface area contributed by atoms with Gasteiger partial charge in [-0.3, -0.25) is 23.4 Å². The Hall–Kier alpha value is -2.15. The molecule has 0 bridgehead atoms. The summed E-state index contributed by atoms with van der Waals surface area (Å²) in [5.74, 6) is -0.986. The summed E-state index contributed by atoms with van der Waals surface area (Å²) in [5.41, 5.74) is -1.84. The SMILES string of the molecule is CCCOP(=O)(O)OP(=O)(O)OP(=O)(O)OP(=O)(O)OC[C@H]1O[C@@H](n2ccc(=O)[nH]c2=O)C(OC(=O)c2ccccc2)[C@H]1O. The van der Waals surface area contributed by atoms with Crippen LogP contribution in [0.15, 0.2) is 52.2 Å². The molecule has 0 saturated carbocycles. The highest BCUT2D eigenvalue weighted by Gasteiger charge is 2.50. The van der Waals surface area contributed by atoms with Gasteiger partial charge in [0.2, 0.25) is 0 Å². The van der Waals surface area contributed by atoms with Crippen molar-refractivity contribution < 1.29 is 79.2 Å². The van der Waals surface area contributed by atoms with Gasteiger partial charge in [-0.05, 0) is 18.6 Å². The van der Waals surface area contributed by atoms with Crippen LogP contribution in [0.25, 0.3) is 0 Å². The Labute approximate surface area is 246 Å². The van der Waals surface area contributed by atoms with E-state index in [9.17, 15) is 57.3 Å². The van der Waals surface area contributed by atoms with E-state index in [2.05, 4.69) is 22.0 Å². The van der Waals surface area contributed by atoms with Crippen LogP contribution >= 0.6 is 31.3 Å². The molecular formula is C19H26N2O19P4. The lowest BCUT2D eigenvalue weighted by Gasteiger charge is -2.22. The van der Waals surface area contributed by atoms with Gasteiger partial charge in [-0.15, -0.1) is 0 Å². The van der Waals surface area contributed by atoms with Crippen LogP contribution in [-0.2, 0) is 49.7 Å². The van der Waals surface area contributed by atoms with E-state index in [4.69, 9.17) is 9.47 Å². The topological polar surface area (TPSA) is 306 Å². The third-order valence-electron chi connectivity index (χ3n) is 5.17. The first-order valence-electron chi connectivity index (χ1n) is 12.0. The highest BCUT2D eigenvalue weighted by molar-refractivity contribution is 7.69. The molecule has 0 aliphatic carbocycles. The van der Waals surface area contributed by atoms with Crippen molar-refractivity contribution in [1.82, 2.24) is 9.55 Å². The van der Waals surface area contributed by atoms with Gasteiger partial charge < -0.3 is 34.2 Å².